The molecule has 0 amide bonds. The lowest BCUT2D eigenvalue weighted by Gasteiger charge is -2.09. The highest BCUT2D eigenvalue weighted by atomic mass is 32.2. The molecule has 5 rings (SSSR count). The maximum absolute atomic E-state index is 3.73. The van der Waals surface area contributed by atoms with Crippen LogP contribution in [0.15, 0.2) is 105 Å². The van der Waals surface area contributed by atoms with Crippen molar-refractivity contribution in [2.45, 2.75) is 39.9 Å². The summed E-state index contributed by atoms with van der Waals surface area (Å²) in [7, 11) is 0. The van der Waals surface area contributed by atoms with E-state index >= 15 is 0 Å². The van der Waals surface area contributed by atoms with Crippen molar-refractivity contribution < 1.29 is 0 Å². The predicted octanol–water partition coefficient (Wildman–Crippen LogP) is 8.49. The molecule has 30 heavy (non-hydrogen) atoms. The van der Waals surface area contributed by atoms with E-state index in [2.05, 4.69) is 104 Å². The van der Waals surface area contributed by atoms with Crippen LogP contribution in [0.3, 0.4) is 0 Å². The second-order valence-electron chi connectivity index (χ2n) is 7.44. The van der Waals surface area contributed by atoms with E-state index in [1.165, 1.54) is 52.5 Å². The number of aromatic nitrogens is 1. The number of benzene rings is 4. The van der Waals surface area contributed by atoms with Gasteiger partial charge in [0, 0.05) is 35.9 Å². The van der Waals surface area contributed by atoms with Gasteiger partial charge in [-0.15, -0.1) is 0 Å². The molecule has 0 aliphatic rings. The normalized spacial score (nSPS) is 11.4. The largest absolute Gasteiger partial charge is 0.354 e. The fourth-order valence-electron chi connectivity index (χ4n) is 4.05. The first kappa shape index (κ1) is 19.3. The molecule has 1 heterocycles. The highest BCUT2D eigenvalue weighted by molar-refractivity contribution is 8.00. The number of nitrogens with one attached hydrogen (secondary N) is 1. The second kappa shape index (κ2) is 8.25. The Hall–Kier alpha value is -2.62. The Balaban J connectivity index is 1.74. The third kappa shape index (κ3) is 3.64. The van der Waals surface area contributed by atoms with Crippen molar-refractivity contribution in [3.8, 4) is 0 Å². The quantitative estimate of drug-likeness (QED) is 0.304. The van der Waals surface area contributed by atoms with Crippen molar-refractivity contribution in [2.75, 3.05) is 0 Å². The molecule has 0 aliphatic heterocycles. The van der Waals surface area contributed by atoms with E-state index in [0.717, 1.165) is 6.42 Å². The zero-order valence-electron chi connectivity index (χ0n) is 17.1. The summed E-state index contributed by atoms with van der Waals surface area (Å²) in [5.74, 6) is 0. The molecule has 1 aromatic heterocycles. The minimum absolute atomic E-state index is 1.04. The Bertz CT molecular complexity index is 1320. The van der Waals surface area contributed by atoms with E-state index in [1.54, 1.807) is 0 Å². The van der Waals surface area contributed by atoms with Gasteiger partial charge in [0.1, 0.15) is 0 Å². The lowest BCUT2D eigenvalue weighted by molar-refractivity contribution is 1.13. The summed E-state index contributed by atoms with van der Waals surface area (Å²) < 4.78 is 0. The number of hydrogen-bond donors (Lipinski definition) is 1. The molecule has 0 atom stereocenters. The molecule has 0 radical (unpaired) electrons. The molecule has 0 unspecified atom stereocenters. The van der Waals surface area contributed by atoms with Gasteiger partial charge >= 0.3 is 0 Å². The van der Waals surface area contributed by atoms with Crippen LogP contribution in [0, 0.1) is 6.92 Å². The van der Waals surface area contributed by atoms with Gasteiger partial charge in [-0.25, -0.2) is 0 Å². The summed E-state index contributed by atoms with van der Waals surface area (Å²) in [6.45, 7) is 4.47. The minimum Gasteiger partial charge on any atom is -0.354 e. The van der Waals surface area contributed by atoms with Gasteiger partial charge in [0.05, 0.1) is 5.52 Å². The van der Waals surface area contributed by atoms with Gasteiger partial charge in [-0.05, 0) is 66.9 Å². The van der Waals surface area contributed by atoms with Crippen LogP contribution in [-0.4, -0.2) is 4.98 Å². The first-order valence-corrected chi connectivity index (χ1v) is 11.9. The van der Waals surface area contributed by atoms with Crippen LogP contribution in [0.5, 0.6) is 0 Å². The van der Waals surface area contributed by atoms with Crippen molar-refractivity contribution in [1.29, 1.82) is 0 Å². The molecule has 1 nitrogen and oxygen atoms in total. The predicted molar refractivity (Wildman–Crippen MR) is 131 cm³/mol. The molecule has 5 aromatic rings. The zero-order chi connectivity index (χ0) is 20.5. The van der Waals surface area contributed by atoms with E-state index in [-0.39, 0.29) is 0 Å². The molecule has 0 fully saturated rings. The maximum Gasteiger partial charge on any atom is 0.0607 e. The Kier molecular flexibility index (Phi) is 5.32. The minimum atomic E-state index is 1.04. The van der Waals surface area contributed by atoms with Gasteiger partial charge in [-0.1, -0.05) is 72.9 Å². The molecule has 1 N–H and O–H groups in total. The van der Waals surface area contributed by atoms with E-state index in [4.69, 9.17) is 0 Å². The molecule has 0 aliphatic carbocycles. The highest BCUT2D eigenvalue weighted by Crippen LogP contribution is 2.42. The lowest BCUT2D eigenvalue weighted by Crippen LogP contribution is -1.87. The SMILES string of the molecule is CCc1c(C)ccc2[nH]c3c(Sc4ccccc4)cc(Sc4ccccc4)cc3c12. The third-order valence-corrected chi connectivity index (χ3v) is 7.48. The molecule has 0 saturated carbocycles. The van der Waals surface area contributed by atoms with Crippen LogP contribution in [0.2, 0.25) is 0 Å². The molecule has 0 bridgehead atoms. The number of aryl methyl sites for hydroxylation is 2. The summed E-state index contributed by atoms with van der Waals surface area (Å²) in [5, 5.41) is 2.70. The van der Waals surface area contributed by atoms with Crippen LogP contribution in [0.4, 0.5) is 0 Å². The third-order valence-electron chi connectivity index (χ3n) is 5.46. The maximum atomic E-state index is 3.73. The van der Waals surface area contributed by atoms with Gasteiger partial charge in [-0.3, -0.25) is 0 Å². The van der Waals surface area contributed by atoms with Crippen molar-refractivity contribution >= 4 is 45.3 Å². The standard InChI is InChI=1S/C27H23NS2/c1-3-22-18(2)14-15-24-26(22)23-16-21(29-19-10-6-4-7-11-19)17-25(27(23)28-24)30-20-12-8-5-9-13-20/h4-17,28H,3H2,1-2H3. The van der Waals surface area contributed by atoms with Crippen LogP contribution in [-0.2, 0) is 6.42 Å². The fraction of sp³-hybridized carbons (Fsp3) is 0.111. The summed E-state index contributed by atoms with van der Waals surface area (Å²) in [5.41, 5.74) is 5.27. The first-order chi connectivity index (χ1) is 14.7. The molecule has 0 saturated heterocycles. The topological polar surface area (TPSA) is 15.8 Å². The van der Waals surface area contributed by atoms with Gasteiger partial charge in [0.15, 0.2) is 0 Å². The van der Waals surface area contributed by atoms with E-state index in [1.807, 2.05) is 23.5 Å². The van der Waals surface area contributed by atoms with Crippen molar-refractivity contribution in [1.82, 2.24) is 4.98 Å². The van der Waals surface area contributed by atoms with Crippen LogP contribution >= 0.6 is 23.5 Å². The Morgan fingerprint density at radius 2 is 1.40 bits per heavy atom. The van der Waals surface area contributed by atoms with E-state index in [9.17, 15) is 0 Å². The number of fused-ring (bicyclic) bond motifs is 3. The van der Waals surface area contributed by atoms with Crippen LogP contribution in [0.25, 0.3) is 21.8 Å². The van der Waals surface area contributed by atoms with Gasteiger partial charge < -0.3 is 4.98 Å². The molecular formula is C27H23NS2. The van der Waals surface area contributed by atoms with Gasteiger partial charge in [0.25, 0.3) is 0 Å². The van der Waals surface area contributed by atoms with Gasteiger partial charge in [0.2, 0.25) is 0 Å². The average Bonchev–Trinajstić information content (AvgIpc) is 3.14. The fourth-order valence-corrected chi connectivity index (χ4v) is 6.04. The Labute approximate surface area is 185 Å². The monoisotopic (exact) mass is 425 g/mol. The van der Waals surface area contributed by atoms with E-state index in [0.29, 0.717) is 0 Å². The molecule has 148 valence electrons. The van der Waals surface area contributed by atoms with Crippen molar-refractivity contribution in [3.63, 3.8) is 0 Å². The van der Waals surface area contributed by atoms with Crippen LogP contribution < -0.4 is 0 Å². The van der Waals surface area contributed by atoms with Crippen molar-refractivity contribution in [2.24, 2.45) is 0 Å². The number of rotatable bonds is 5. The lowest BCUT2D eigenvalue weighted by atomic mass is 9.99. The summed E-state index contributed by atoms with van der Waals surface area (Å²) in [4.78, 5) is 8.79. The summed E-state index contributed by atoms with van der Waals surface area (Å²) >= 11 is 3.66. The first-order valence-electron chi connectivity index (χ1n) is 10.3. The number of hydrogen-bond acceptors (Lipinski definition) is 2. The van der Waals surface area contributed by atoms with Crippen LogP contribution in [0.1, 0.15) is 18.1 Å². The van der Waals surface area contributed by atoms with Gasteiger partial charge in [-0.2, -0.15) is 0 Å². The summed E-state index contributed by atoms with van der Waals surface area (Å²) in [6.07, 6.45) is 1.04. The molecule has 0 spiro atoms. The highest BCUT2D eigenvalue weighted by Gasteiger charge is 2.15. The zero-order valence-corrected chi connectivity index (χ0v) is 18.7. The molecule has 4 aromatic carbocycles. The molecular weight excluding hydrogens is 402 g/mol. The number of H-pyrrole nitrogens is 1. The Morgan fingerprint density at radius 1 is 0.733 bits per heavy atom. The average molecular weight is 426 g/mol. The molecule has 3 heteroatoms. The Morgan fingerprint density at radius 3 is 2.07 bits per heavy atom. The van der Waals surface area contributed by atoms with Crippen molar-refractivity contribution in [3.05, 3.63) is 96.1 Å². The summed E-state index contributed by atoms with van der Waals surface area (Å²) in [6, 6.07) is 30.4. The smallest absolute Gasteiger partial charge is 0.0607 e. The van der Waals surface area contributed by atoms with E-state index < -0.39 is 0 Å². The number of aromatic amines is 1. The second-order valence-corrected chi connectivity index (χ2v) is 9.70.